The Hall–Kier alpha value is -0.820. The lowest BCUT2D eigenvalue weighted by molar-refractivity contribution is -0.259. The standard InChI is InChI=1S/C9H10ClO/c1-2-11-9(10)8-6-4-3-5-7-8/h3-7H,2H2,1H3/q+1. The highest BCUT2D eigenvalue weighted by Crippen LogP contribution is 2.03. The molecule has 11 heavy (non-hydrogen) atoms. The number of hydrogen-bond acceptors (Lipinski definition) is 0. The van der Waals surface area contributed by atoms with E-state index in [9.17, 15) is 0 Å². The minimum atomic E-state index is 0.466. The van der Waals surface area contributed by atoms with Crippen LogP contribution in [0.1, 0.15) is 16.9 Å². The third kappa shape index (κ3) is 2.35. The molecule has 0 aliphatic carbocycles. The highest BCUT2D eigenvalue weighted by Gasteiger charge is 2.08. The fourth-order valence-electron chi connectivity index (χ4n) is 0.779. The Balaban J connectivity index is 2.85. The van der Waals surface area contributed by atoms with Crippen LogP contribution >= 0.6 is 11.6 Å². The van der Waals surface area contributed by atoms with Crippen LogP contribution in [0.2, 0.25) is 0 Å². The van der Waals surface area contributed by atoms with Gasteiger partial charge in [0.25, 0.3) is 6.61 Å². The Morgan fingerprint density at radius 1 is 1.36 bits per heavy atom. The number of halogens is 1. The van der Waals surface area contributed by atoms with Crippen molar-refractivity contribution >= 4 is 16.8 Å². The summed E-state index contributed by atoms with van der Waals surface area (Å²) in [6.45, 7) is 2.51. The lowest BCUT2D eigenvalue weighted by atomic mass is 10.2. The topological polar surface area (TPSA) is 11.3 Å². The van der Waals surface area contributed by atoms with Gasteiger partial charge in [-0.15, -0.1) is 0 Å². The summed E-state index contributed by atoms with van der Waals surface area (Å²) in [5.41, 5.74) is 0.927. The summed E-state index contributed by atoms with van der Waals surface area (Å²) in [4.78, 5) is 0. The van der Waals surface area contributed by atoms with Crippen LogP contribution < -0.4 is 0 Å². The fourth-order valence-corrected chi connectivity index (χ4v) is 1.01. The van der Waals surface area contributed by atoms with E-state index in [1.54, 1.807) is 0 Å². The monoisotopic (exact) mass is 169 g/mol. The Bertz CT molecular complexity index is 241. The maximum absolute atomic E-state index is 5.80. The van der Waals surface area contributed by atoms with Crippen LogP contribution in [0.5, 0.6) is 0 Å². The quantitative estimate of drug-likeness (QED) is 0.477. The van der Waals surface area contributed by atoms with E-state index < -0.39 is 0 Å². The van der Waals surface area contributed by atoms with Gasteiger partial charge < -0.3 is 0 Å². The largest absolute Gasteiger partial charge is 0.421 e. The van der Waals surface area contributed by atoms with Crippen molar-refractivity contribution in [3.8, 4) is 0 Å². The van der Waals surface area contributed by atoms with Crippen LogP contribution in [-0.2, 0) is 0 Å². The molecular weight excluding hydrogens is 160 g/mol. The maximum Gasteiger partial charge on any atom is 0.421 e. The molecule has 58 valence electrons. The number of benzene rings is 1. The van der Waals surface area contributed by atoms with Crippen LogP contribution in [0, 0.1) is 0 Å². The average molecular weight is 170 g/mol. The lowest BCUT2D eigenvalue weighted by Crippen LogP contribution is -1.91. The zero-order chi connectivity index (χ0) is 8.10. The lowest BCUT2D eigenvalue weighted by Gasteiger charge is -1.85. The minimum absolute atomic E-state index is 0.466. The van der Waals surface area contributed by atoms with Gasteiger partial charge in [-0.3, -0.25) is 0 Å². The first-order chi connectivity index (χ1) is 5.34. The van der Waals surface area contributed by atoms with Gasteiger partial charge in [0.2, 0.25) is 0 Å². The molecule has 0 saturated heterocycles. The molecule has 0 bridgehead atoms. The molecule has 0 atom stereocenters. The molecule has 1 rings (SSSR count). The van der Waals surface area contributed by atoms with Gasteiger partial charge in [-0.2, -0.15) is 0 Å². The van der Waals surface area contributed by atoms with E-state index >= 15 is 0 Å². The number of rotatable bonds is 2. The van der Waals surface area contributed by atoms with Gasteiger partial charge in [0.1, 0.15) is 0 Å². The van der Waals surface area contributed by atoms with Gasteiger partial charge in [0.05, 0.1) is 5.56 Å². The van der Waals surface area contributed by atoms with Crippen molar-refractivity contribution < 1.29 is 4.42 Å². The summed E-state index contributed by atoms with van der Waals surface area (Å²) in [5, 5.41) is 0.466. The Kier molecular flexibility index (Phi) is 3.12. The van der Waals surface area contributed by atoms with E-state index in [1.165, 1.54) is 0 Å². The summed E-state index contributed by atoms with van der Waals surface area (Å²) >= 11 is 5.80. The molecule has 0 heterocycles. The van der Waals surface area contributed by atoms with Crippen molar-refractivity contribution in [2.45, 2.75) is 6.92 Å². The van der Waals surface area contributed by atoms with E-state index in [0.717, 1.165) is 5.56 Å². The number of carbonyl (C=O) groups excluding carboxylic acids is 1. The van der Waals surface area contributed by atoms with Gasteiger partial charge in [-0.1, -0.05) is 18.2 Å². The molecule has 0 spiro atoms. The van der Waals surface area contributed by atoms with E-state index in [4.69, 9.17) is 16.0 Å². The smallest absolute Gasteiger partial charge is 0.243 e. The zero-order valence-corrected chi connectivity index (χ0v) is 7.14. The van der Waals surface area contributed by atoms with Crippen LogP contribution in [0.15, 0.2) is 30.3 Å². The molecule has 1 nitrogen and oxygen atoms in total. The first-order valence-electron chi connectivity index (χ1n) is 3.55. The molecule has 0 aliphatic rings. The Morgan fingerprint density at radius 2 is 2.00 bits per heavy atom. The molecule has 0 aliphatic heterocycles. The highest BCUT2D eigenvalue weighted by molar-refractivity contribution is 6.67. The second kappa shape index (κ2) is 4.14. The third-order valence-electron chi connectivity index (χ3n) is 1.27. The molecule has 1 aromatic carbocycles. The third-order valence-corrected chi connectivity index (χ3v) is 1.60. The predicted molar refractivity (Wildman–Crippen MR) is 47.2 cm³/mol. The predicted octanol–water partition coefficient (Wildman–Crippen LogP) is 2.62. The van der Waals surface area contributed by atoms with Gasteiger partial charge in [0, 0.05) is 18.5 Å². The van der Waals surface area contributed by atoms with E-state index in [-0.39, 0.29) is 0 Å². The molecule has 0 radical (unpaired) electrons. The van der Waals surface area contributed by atoms with Crippen LogP contribution in [-0.4, -0.2) is 11.8 Å². The van der Waals surface area contributed by atoms with Crippen molar-refractivity contribution in [1.29, 1.82) is 0 Å². The molecular formula is C9H10ClO+. The van der Waals surface area contributed by atoms with Gasteiger partial charge >= 0.3 is 5.24 Å². The zero-order valence-electron chi connectivity index (χ0n) is 6.38. The van der Waals surface area contributed by atoms with Crippen molar-refractivity contribution in [3.63, 3.8) is 0 Å². The molecule has 2 heteroatoms. The fraction of sp³-hybridized carbons (Fsp3) is 0.222. The average Bonchev–Trinajstić information content (AvgIpc) is 2.07. The molecule has 0 N–H and O–H groups in total. The Morgan fingerprint density at radius 3 is 2.55 bits per heavy atom. The normalized spacial score (nSPS) is 11.6. The molecule has 0 amide bonds. The summed E-state index contributed by atoms with van der Waals surface area (Å²) < 4.78 is 5.11. The van der Waals surface area contributed by atoms with Crippen LogP contribution in [0.25, 0.3) is 0 Å². The number of hydrogen-bond donors (Lipinski definition) is 0. The maximum atomic E-state index is 5.80. The SMILES string of the molecule is CC[O+]=C(Cl)c1ccccc1. The van der Waals surface area contributed by atoms with Gasteiger partial charge in [-0.25, -0.2) is 4.42 Å². The first kappa shape index (κ1) is 8.28. The van der Waals surface area contributed by atoms with Crippen molar-refractivity contribution in [2.24, 2.45) is 0 Å². The first-order valence-corrected chi connectivity index (χ1v) is 3.93. The summed E-state index contributed by atoms with van der Waals surface area (Å²) in [6, 6.07) is 9.63. The second-order valence-corrected chi connectivity index (χ2v) is 2.42. The van der Waals surface area contributed by atoms with Crippen molar-refractivity contribution in [3.05, 3.63) is 35.9 Å². The van der Waals surface area contributed by atoms with Crippen molar-refractivity contribution in [1.82, 2.24) is 0 Å². The van der Waals surface area contributed by atoms with Gasteiger partial charge in [0.15, 0.2) is 0 Å². The van der Waals surface area contributed by atoms with E-state index in [0.29, 0.717) is 11.8 Å². The van der Waals surface area contributed by atoms with Gasteiger partial charge in [-0.05, 0) is 12.1 Å². The van der Waals surface area contributed by atoms with Crippen LogP contribution in [0.3, 0.4) is 0 Å². The summed E-state index contributed by atoms with van der Waals surface area (Å²) in [7, 11) is 0. The molecule has 0 fully saturated rings. The second-order valence-electron chi connectivity index (χ2n) is 2.07. The van der Waals surface area contributed by atoms with E-state index in [1.807, 2.05) is 37.3 Å². The van der Waals surface area contributed by atoms with Crippen LogP contribution in [0.4, 0.5) is 0 Å². The van der Waals surface area contributed by atoms with E-state index in [2.05, 4.69) is 0 Å². The summed E-state index contributed by atoms with van der Waals surface area (Å²) in [5.74, 6) is 0. The highest BCUT2D eigenvalue weighted by atomic mass is 35.5. The molecule has 0 unspecified atom stereocenters. The molecule has 0 saturated carbocycles. The molecule has 1 aromatic rings. The summed E-state index contributed by atoms with van der Waals surface area (Å²) in [6.07, 6.45) is 0. The Labute approximate surface area is 71.3 Å². The van der Waals surface area contributed by atoms with Crippen molar-refractivity contribution in [2.75, 3.05) is 6.61 Å². The minimum Gasteiger partial charge on any atom is -0.243 e. The molecule has 0 aromatic heterocycles.